The number of allylic oxidation sites excluding steroid dienone is 1. The van der Waals surface area contributed by atoms with E-state index in [1.165, 1.54) is 19.4 Å². The molecule has 0 unspecified atom stereocenters. The van der Waals surface area contributed by atoms with Gasteiger partial charge in [-0.25, -0.2) is 0 Å². The average molecular weight is 223 g/mol. The highest BCUT2D eigenvalue weighted by Gasteiger charge is 2.30. The van der Waals surface area contributed by atoms with E-state index in [9.17, 15) is 0 Å². The zero-order valence-corrected chi connectivity index (χ0v) is 12.2. The Morgan fingerprint density at radius 3 is 1.88 bits per heavy atom. The Morgan fingerprint density at radius 2 is 1.56 bits per heavy atom. The van der Waals surface area contributed by atoms with Crippen molar-refractivity contribution in [3.05, 3.63) is 11.8 Å². The SMILES string of the molecule is C[C@@H]1CCCN1C=C(C(C)(C)C)C(C)(C)C. The van der Waals surface area contributed by atoms with Crippen LogP contribution in [0.4, 0.5) is 0 Å². The second-order valence-corrected chi connectivity index (χ2v) is 7.27. The summed E-state index contributed by atoms with van der Waals surface area (Å²) < 4.78 is 0. The Kier molecular flexibility index (Phi) is 3.76. The number of rotatable bonds is 1. The van der Waals surface area contributed by atoms with Gasteiger partial charge in [0.05, 0.1) is 0 Å². The van der Waals surface area contributed by atoms with Crippen LogP contribution < -0.4 is 0 Å². The number of likely N-dealkylation sites (tertiary alicyclic amines) is 1. The van der Waals surface area contributed by atoms with Gasteiger partial charge in [0.1, 0.15) is 0 Å². The first-order valence-electron chi connectivity index (χ1n) is 6.61. The van der Waals surface area contributed by atoms with Crippen LogP contribution in [0.3, 0.4) is 0 Å². The first-order chi connectivity index (χ1) is 7.12. The smallest absolute Gasteiger partial charge is 0.0256 e. The van der Waals surface area contributed by atoms with E-state index in [0.29, 0.717) is 0 Å². The fraction of sp³-hybridized carbons (Fsp3) is 0.867. The van der Waals surface area contributed by atoms with Crippen LogP contribution in [0.5, 0.6) is 0 Å². The Balaban J connectivity index is 2.97. The number of nitrogens with zero attached hydrogens (tertiary/aromatic N) is 1. The van der Waals surface area contributed by atoms with Gasteiger partial charge in [-0.2, -0.15) is 0 Å². The fourth-order valence-electron chi connectivity index (χ4n) is 2.83. The first-order valence-corrected chi connectivity index (χ1v) is 6.61. The third-order valence-electron chi connectivity index (χ3n) is 3.52. The van der Waals surface area contributed by atoms with E-state index in [-0.39, 0.29) is 10.8 Å². The van der Waals surface area contributed by atoms with E-state index in [4.69, 9.17) is 0 Å². The molecule has 1 heterocycles. The normalized spacial score (nSPS) is 22.4. The molecule has 0 aromatic heterocycles. The summed E-state index contributed by atoms with van der Waals surface area (Å²) in [5.41, 5.74) is 2.09. The van der Waals surface area contributed by atoms with Crippen molar-refractivity contribution in [3.8, 4) is 0 Å². The van der Waals surface area contributed by atoms with Crippen molar-refractivity contribution in [2.45, 2.75) is 67.3 Å². The molecule has 1 aliphatic rings. The number of hydrogen-bond donors (Lipinski definition) is 0. The van der Waals surface area contributed by atoms with Crippen LogP contribution in [0.1, 0.15) is 61.3 Å². The third kappa shape index (κ3) is 3.26. The Morgan fingerprint density at radius 1 is 1.06 bits per heavy atom. The lowest BCUT2D eigenvalue weighted by molar-refractivity contribution is 0.315. The minimum absolute atomic E-state index is 0.264. The molecule has 1 saturated heterocycles. The van der Waals surface area contributed by atoms with Crippen LogP contribution in [0.2, 0.25) is 0 Å². The molecule has 0 bridgehead atoms. The highest BCUT2D eigenvalue weighted by molar-refractivity contribution is 5.18. The third-order valence-corrected chi connectivity index (χ3v) is 3.52. The largest absolute Gasteiger partial charge is 0.375 e. The second kappa shape index (κ2) is 4.43. The van der Waals surface area contributed by atoms with Crippen molar-refractivity contribution in [3.63, 3.8) is 0 Å². The monoisotopic (exact) mass is 223 g/mol. The van der Waals surface area contributed by atoms with Crippen molar-refractivity contribution in [1.29, 1.82) is 0 Å². The summed E-state index contributed by atoms with van der Waals surface area (Å²) in [5.74, 6) is 0. The fourth-order valence-corrected chi connectivity index (χ4v) is 2.83. The maximum absolute atomic E-state index is 2.53. The lowest BCUT2D eigenvalue weighted by Gasteiger charge is -2.36. The first kappa shape index (κ1) is 13.6. The lowest BCUT2D eigenvalue weighted by Crippen LogP contribution is -2.28. The summed E-state index contributed by atoms with van der Waals surface area (Å²) >= 11 is 0. The molecular weight excluding hydrogens is 194 g/mol. The topological polar surface area (TPSA) is 3.24 Å². The summed E-state index contributed by atoms with van der Waals surface area (Å²) in [4.78, 5) is 2.53. The van der Waals surface area contributed by atoms with Gasteiger partial charge in [0.25, 0.3) is 0 Å². The molecule has 1 nitrogen and oxygen atoms in total. The molecule has 0 spiro atoms. The van der Waals surface area contributed by atoms with E-state index in [1.807, 2.05) is 0 Å². The maximum atomic E-state index is 2.53. The summed E-state index contributed by atoms with van der Waals surface area (Å²) in [7, 11) is 0. The lowest BCUT2D eigenvalue weighted by atomic mass is 9.72. The molecule has 1 rings (SSSR count). The standard InChI is InChI=1S/C15H29N/c1-12-9-8-10-16(12)11-13(14(2,3)4)15(5,6)7/h11-12H,8-10H2,1-7H3/t12-/m1/s1. The summed E-state index contributed by atoms with van der Waals surface area (Å²) in [6.07, 6.45) is 5.13. The van der Waals surface area contributed by atoms with Gasteiger partial charge in [-0.3, -0.25) is 0 Å². The van der Waals surface area contributed by atoms with Crippen LogP contribution in [0, 0.1) is 10.8 Å². The van der Waals surface area contributed by atoms with E-state index in [0.717, 1.165) is 6.04 Å². The van der Waals surface area contributed by atoms with Gasteiger partial charge >= 0.3 is 0 Å². The Bertz CT molecular complexity index is 246. The van der Waals surface area contributed by atoms with E-state index < -0.39 is 0 Å². The molecule has 0 aromatic carbocycles. The van der Waals surface area contributed by atoms with Gasteiger partial charge in [0.2, 0.25) is 0 Å². The van der Waals surface area contributed by atoms with Crippen LogP contribution in [-0.2, 0) is 0 Å². The molecule has 1 fully saturated rings. The zero-order chi connectivity index (χ0) is 12.6. The summed E-state index contributed by atoms with van der Waals surface area (Å²) in [5, 5.41) is 0. The molecular formula is C15H29N. The maximum Gasteiger partial charge on any atom is 0.0256 e. The number of hydrogen-bond acceptors (Lipinski definition) is 1. The molecule has 0 amide bonds. The van der Waals surface area contributed by atoms with Gasteiger partial charge in [-0.15, -0.1) is 0 Å². The minimum atomic E-state index is 0.264. The predicted molar refractivity (Wildman–Crippen MR) is 72.4 cm³/mol. The molecule has 1 atom stereocenters. The van der Waals surface area contributed by atoms with Crippen molar-refractivity contribution in [2.75, 3.05) is 6.54 Å². The van der Waals surface area contributed by atoms with Gasteiger partial charge < -0.3 is 4.90 Å². The molecule has 0 aromatic rings. The van der Waals surface area contributed by atoms with E-state index in [2.05, 4.69) is 59.6 Å². The summed E-state index contributed by atoms with van der Waals surface area (Å²) in [6.45, 7) is 17.5. The van der Waals surface area contributed by atoms with Gasteiger partial charge in [-0.05, 0) is 42.4 Å². The van der Waals surface area contributed by atoms with Crippen molar-refractivity contribution in [2.24, 2.45) is 10.8 Å². The Labute approximate surface area is 102 Å². The van der Waals surface area contributed by atoms with Gasteiger partial charge in [0.15, 0.2) is 0 Å². The summed E-state index contributed by atoms with van der Waals surface area (Å²) in [6, 6.07) is 0.722. The predicted octanol–water partition coefficient (Wildman–Crippen LogP) is 4.45. The zero-order valence-electron chi connectivity index (χ0n) is 12.2. The van der Waals surface area contributed by atoms with Crippen LogP contribution >= 0.6 is 0 Å². The molecule has 94 valence electrons. The Hall–Kier alpha value is -0.460. The van der Waals surface area contributed by atoms with Crippen molar-refractivity contribution < 1.29 is 0 Å². The average Bonchev–Trinajstić information content (AvgIpc) is 2.42. The van der Waals surface area contributed by atoms with E-state index >= 15 is 0 Å². The highest BCUT2D eigenvalue weighted by Crippen LogP contribution is 2.40. The van der Waals surface area contributed by atoms with Crippen LogP contribution in [0.25, 0.3) is 0 Å². The van der Waals surface area contributed by atoms with E-state index in [1.54, 1.807) is 5.57 Å². The van der Waals surface area contributed by atoms with Crippen LogP contribution in [0.15, 0.2) is 11.8 Å². The molecule has 0 radical (unpaired) electrons. The molecule has 0 N–H and O–H groups in total. The quantitative estimate of drug-likeness (QED) is 0.635. The molecule has 16 heavy (non-hydrogen) atoms. The molecule has 1 aliphatic heterocycles. The highest BCUT2D eigenvalue weighted by atomic mass is 15.2. The molecule has 0 saturated carbocycles. The van der Waals surface area contributed by atoms with Crippen molar-refractivity contribution >= 4 is 0 Å². The second-order valence-electron chi connectivity index (χ2n) is 7.27. The molecule has 1 heteroatoms. The van der Waals surface area contributed by atoms with Crippen molar-refractivity contribution in [1.82, 2.24) is 4.90 Å². The minimum Gasteiger partial charge on any atom is -0.375 e. The molecule has 0 aliphatic carbocycles. The van der Waals surface area contributed by atoms with Gasteiger partial charge in [0, 0.05) is 12.6 Å². The van der Waals surface area contributed by atoms with Gasteiger partial charge in [-0.1, -0.05) is 41.5 Å². The van der Waals surface area contributed by atoms with Crippen LogP contribution in [-0.4, -0.2) is 17.5 Å².